The van der Waals surface area contributed by atoms with Crippen molar-refractivity contribution in [3.8, 4) is 0 Å². The van der Waals surface area contributed by atoms with Gasteiger partial charge in [-0.25, -0.2) is 0 Å². The molecule has 0 aromatic carbocycles. The maximum absolute atomic E-state index is 11.5. The van der Waals surface area contributed by atoms with Gasteiger partial charge in [0.05, 0.1) is 0 Å². The van der Waals surface area contributed by atoms with Crippen molar-refractivity contribution >= 4 is 21.9 Å². The summed E-state index contributed by atoms with van der Waals surface area (Å²) in [5.41, 5.74) is -0.401. The molecular weight excluding hydrogens is 246 g/mol. The van der Waals surface area contributed by atoms with E-state index in [1.165, 1.54) is 0 Å². The van der Waals surface area contributed by atoms with E-state index in [0.717, 1.165) is 19.5 Å². The molecule has 3 nitrogen and oxygen atoms in total. The van der Waals surface area contributed by atoms with Crippen LogP contribution in [0.15, 0.2) is 0 Å². The van der Waals surface area contributed by atoms with Crippen molar-refractivity contribution in [2.24, 2.45) is 0 Å². The Morgan fingerprint density at radius 3 is 2.50 bits per heavy atom. The molecule has 1 N–H and O–H groups in total. The lowest BCUT2D eigenvalue weighted by Gasteiger charge is -2.21. The van der Waals surface area contributed by atoms with Crippen LogP contribution in [0.3, 0.4) is 0 Å². The predicted octanol–water partition coefficient (Wildman–Crippen LogP) is 2.09. The number of rotatable bonds is 5. The number of esters is 1. The van der Waals surface area contributed by atoms with E-state index >= 15 is 0 Å². The smallest absolute Gasteiger partial charge is 0.320 e. The summed E-state index contributed by atoms with van der Waals surface area (Å²) in [5, 5.41) is 3.16. The summed E-state index contributed by atoms with van der Waals surface area (Å²) in [4.78, 5) is 11.2. The maximum atomic E-state index is 11.5. The maximum Gasteiger partial charge on any atom is 0.320 e. The molecule has 0 bridgehead atoms. The van der Waals surface area contributed by atoms with Gasteiger partial charge in [-0.3, -0.25) is 4.79 Å². The van der Waals surface area contributed by atoms with Gasteiger partial charge in [0.2, 0.25) is 0 Å². The zero-order valence-electron chi connectivity index (χ0n) is 9.39. The highest BCUT2D eigenvalue weighted by Crippen LogP contribution is 2.13. The highest BCUT2D eigenvalue weighted by atomic mass is 79.9. The molecule has 0 heterocycles. The Labute approximate surface area is 94.7 Å². The summed E-state index contributed by atoms with van der Waals surface area (Å²) < 4.78 is 5.22. The van der Waals surface area contributed by atoms with Crippen LogP contribution in [0.1, 0.15) is 34.1 Å². The monoisotopic (exact) mass is 265 g/mol. The summed E-state index contributed by atoms with van der Waals surface area (Å²) in [5.74, 6) is -0.185. The average molecular weight is 266 g/mol. The van der Waals surface area contributed by atoms with Gasteiger partial charge < -0.3 is 10.1 Å². The molecular formula is C10H20BrNO2. The van der Waals surface area contributed by atoms with Gasteiger partial charge in [-0.15, -0.1) is 0 Å². The second kappa shape index (κ2) is 6.40. The molecule has 4 heteroatoms. The molecule has 0 saturated heterocycles. The van der Waals surface area contributed by atoms with Crippen molar-refractivity contribution in [1.29, 1.82) is 0 Å². The molecule has 0 aliphatic carbocycles. The lowest BCUT2D eigenvalue weighted by Crippen LogP contribution is -2.30. The van der Waals surface area contributed by atoms with Crippen LogP contribution in [0.4, 0.5) is 0 Å². The van der Waals surface area contributed by atoms with Gasteiger partial charge in [0.1, 0.15) is 10.4 Å². The van der Waals surface area contributed by atoms with Crippen LogP contribution in [-0.2, 0) is 9.53 Å². The van der Waals surface area contributed by atoms with Crippen molar-refractivity contribution in [1.82, 2.24) is 5.32 Å². The average Bonchev–Trinajstić information content (AvgIpc) is 2.01. The third-order valence-corrected chi connectivity index (χ3v) is 2.32. The van der Waals surface area contributed by atoms with Gasteiger partial charge in [0.15, 0.2) is 0 Å². The Hall–Kier alpha value is -0.0900. The van der Waals surface area contributed by atoms with E-state index in [0.29, 0.717) is 0 Å². The lowest BCUT2D eigenvalue weighted by atomic mass is 10.2. The van der Waals surface area contributed by atoms with Crippen LogP contribution in [-0.4, -0.2) is 29.5 Å². The summed E-state index contributed by atoms with van der Waals surface area (Å²) in [7, 11) is 0. The number of halogens is 1. The molecule has 1 unspecified atom stereocenters. The Bertz CT molecular complexity index is 177. The third-order valence-electron chi connectivity index (χ3n) is 1.49. The number of carbonyl (C=O) groups is 1. The first-order chi connectivity index (χ1) is 6.37. The van der Waals surface area contributed by atoms with Crippen molar-refractivity contribution in [3.05, 3.63) is 0 Å². The first-order valence-electron chi connectivity index (χ1n) is 4.94. The number of ether oxygens (including phenoxy) is 1. The first-order valence-corrected chi connectivity index (χ1v) is 5.86. The largest absolute Gasteiger partial charge is 0.459 e. The van der Waals surface area contributed by atoms with Crippen LogP contribution >= 0.6 is 15.9 Å². The summed E-state index contributed by atoms with van der Waals surface area (Å²) in [6, 6.07) is 0. The number of hydrogen-bond donors (Lipinski definition) is 1. The highest BCUT2D eigenvalue weighted by Gasteiger charge is 2.22. The molecule has 0 aromatic rings. The number of hydrogen-bond acceptors (Lipinski definition) is 3. The van der Waals surface area contributed by atoms with E-state index in [4.69, 9.17) is 4.74 Å². The molecule has 84 valence electrons. The summed E-state index contributed by atoms with van der Waals surface area (Å²) >= 11 is 3.31. The van der Waals surface area contributed by atoms with Gasteiger partial charge in [-0.05, 0) is 40.3 Å². The quantitative estimate of drug-likeness (QED) is 0.470. The molecule has 0 aliphatic heterocycles. The second-order valence-corrected chi connectivity index (χ2v) is 5.25. The van der Waals surface area contributed by atoms with E-state index in [-0.39, 0.29) is 10.8 Å². The second-order valence-electron chi connectivity index (χ2n) is 4.14. The molecule has 1 atom stereocenters. The zero-order valence-corrected chi connectivity index (χ0v) is 11.0. The zero-order chi connectivity index (χ0) is 11.2. The number of nitrogens with one attached hydrogen (secondary N) is 1. The summed E-state index contributed by atoms with van der Waals surface area (Å²) in [6.45, 7) is 9.40. The molecule has 0 saturated carbocycles. The molecule has 14 heavy (non-hydrogen) atoms. The van der Waals surface area contributed by atoms with E-state index in [9.17, 15) is 4.79 Å². The fraction of sp³-hybridized carbons (Fsp3) is 0.900. The minimum Gasteiger partial charge on any atom is -0.459 e. The van der Waals surface area contributed by atoms with Crippen LogP contribution in [0.25, 0.3) is 0 Å². The van der Waals surface area contributed by atoms with E-state index in [2.05, 4.69) is 21.2 Å². The van der Waals surface area contributed by atoms with Crippen LogP contribution in [0.5, 0.6) is 0 Å². The van der Waals surface area contributed by atoms with Crippen molar-refractivity contribution in [2.75, 3.05) is 13.1 Å². The van der Waals surface area contributed by atoms with E-state index in [1.807, 2.05) is 27.7 Å². The Morgan fingerprint density at radius 2 is 2.07 bits per heavy atom. The Morgan fingerprint density at radius 1 is 1.50 bits per heavy atom. The molecule has 0 fully saturated rings. The highest BCUT2D eigenvalue weighted by molar-refractivity contribution is 9.10. The molecule has 0 rings (SSSR count). The molecule has 0 radical (unpaired) electrons. The van der Waals surface area contributed by atoms with E-state index in [1.54, 1.807) is 0 Å². The topological polar surface area (TPSA) is 38.3 Å². The predicted molar refractivity (Wildman–Crippen MR) is 61.7 cm³/mol. The lowest BCUT2D eigenvalue weighted by molar-refractivity contribution is -0.154. The Balaban J connectivity index is 3.77. The minimum absolute atomic E-state index is 0.185. The van der Waals surface area contributed by atoms with Crippen LogP contribution < -0.4 is 5.32 Å². The van der Waals surface area contributed by atoms with Gasteiger partial charge in [-0.2, -0.15) is 0 Å². The molecule has 0 aliphatic rings. The normalized spacial score (nSPS) is 13.8. The molecule has 0 spiro atoms. The van der Waals surface area contributed by atoms with Gasteiger partial charge in [-0.1, -0.05) is 22.9 Å². The van der Waals surface area contributed by atoms with Gasteiger partial charge in [0, 0.05) is 0 Å². The number of carbonyl (C=O) groups excluding carboxylic acids is 1. The fourth-order valence-corrected chi connectivity index (χ4v) is 1.21. The SMILES string of the molecule is CCNCCC(Br)C(=O)OC(C)(C)C. The minimum atomic E-state index is -0.401. The van der Waals surface area contributed by atoms with E-state index < -0.39 is 5.60 Å². The first kappa shape index (κ1) is 13.9. The standard InChI is InChI=1S/C10H20BrNO2/c1-5-12-7-6-8(11)9(13)14-10(2,3)4/h8,12H,5-7H2,1-4H3. The number of alkyl halides is 1. The van der Waals surface area contributed by atoms with Crippen LogP contribution in [0.2, 0.25) is 0 Å². The fourth-order valence-electron chi connectivity index (χ4n) is 0.889. The third kappa shape index (κ3) is 7.33. The Kier molecular flexibility index (Phi) is 6.36. The van der Waals surface area contributed by atoms with Gasteiger partial charge >= 0.3 is 5.97 Å². The van der Waals surface area contributed by atoms with Crippen molar-refractivity contribution in [3.63, 3.8) is 0 Å². The van der Waals surface area contributed by atoms with Crippen molar-refractivity contribution in [2.45, 2.75) is 44.5 Å². The summed E-state index contributed by atoms with van der Waals surface area (Å²) in [6.07, 6.45) is 0.753. The van der Waals surface area contributed by atoms with Crippen LogP contribution in [0, 0.1) is 0 Å². The molecule has 0 aromatic heterocycles. The molecule has 0 amide bonds. The van der Waals surface area contributed by atoms with Gasteiger partial charge in [0.25, 0.3) is 0 Å². The van der Waals surface area contributed by atoms with Crippen molar-refractivity contribution < 1.29 is 9.53 Å².